The van der Waals surface area contributed by atoms with Crippen LogP contribution in [0.2, 0.25) is 0 Å². The third-order valence-corrected chi connectivity index (χ3v) is 8.17. The van der Waals surface area contributed by atoms with E-state index in [1.165, 1.54) is 16.7 Å². The van der Waals surface area contributed by atoms with Crippen molar-refractivity contribution in [2.45, 2.75) is 43.7 Å². The lowest BCUT2D eigenvalue weighted by Crippen LogP contribution is -2.63. The number of aliphatic hydroxyl groups excluding tert-OH is 1. The number of carboxylic acids is 1. The van der Waals surface area contributed by atoms with E-state index in [2.05, 4.69) is 10.6 Å². The van der Waals surface area contributed by atoms with E-state index in [1.807, 2.05) is 50.2 Å². The summed E-state index contributed by atoms with van der Waals surface area (Å²) in [7, 11) is 3.90. The zero-order chi connectivity index (χ0) is 24.0. The molecular formula is C23H30N4O5S. The van der Waals surface area contributed by atoms with Crippen molar-refractivity contribution in [2.24, 2.45) is 11.8 Å². The number of hydrogen-bond acceptors (Lipinski definition) is 7. The number of amides is 2. The average molecular weight is 475 g/mol. The van der Waals surface area contributed by atoms with Gasteiger partial charge in [0, 0.05) is 48.1 Å². The predicted octanol–water partition coefficient (Wildman–Crippen LogP) is 1.31. The summed E-state index contributed by atoms with van der Waals surface area (Å²) >= 11 is 1.43. The smallest absolute Gasteiger partial charge is 0.353 e. The largest absolute Gasteiger partial charge is 0.477 e. The first-order valence-electron chi connectivity index (χ1n) is 11.1. The second kappa shape index (κ2) is 9.00. The fourth-order valence-electron chi connectivity index (χ4n) is 4.92. The molecular weight excluding hydrogens is 444 g/mol. The van der Waals surface area contributed by atoms with Gasteiger partial charge in [0.2, 0.25) is 11.8 Å². The van der Waals surface area contributed by atoms with Crippen LogP contribution in [0, 0.1) is 11.8 Å². The molecule has 0 aromatic heterocycles. The Kier molecular flexibility index (Phi) is 6.43. The van der Waals surface area contributed by atoms with Gasteiger partial charge in [0.1, 0.15) is 5.70 Å². The number of aliphatic hydroxyl groups is 1. The van der Waals surface area contributed by atoms with Crippen molar-refractivity contribution in [3.05, 3.63) is 34.9 Å². The number of thioether (sulfide) groups is 1. The van der Waals surface area contributed by atoms with Gasteiger partial charge in [0.25, 0.3) is 0 Å². The van der Waals surface area contributed by atoms with Gasteiger partial charge in [-0.3, -0.25) is 9.59 Å². The number of anilines is 2. The molecule has 2 fully saturated rings. The topological polar surface area (TPSA) is 122 Å². The lowest BCUT2D eigenvalue weighted by atomic mass is 9.79. The quantitative estimate of drug-likeness (QED) is 0.437. The summed E-state index contributed by atoms with van der Waals surface area (Å²) in [6.45, 7) is 4.03. The Labute approximate surface area is 197 Å². The second-order valence-corrected chi connectivity index (χ2v) is 10.5. The lowest BCUT2D eigenvalue weighted by Gasteiger charge is -2.46. The van der Waals surface area contributed by atoms with Gasteiger partial charge in [-0.2, -0.15) is 0 Å². The molecule has 9 nitrogen and oxygen atoms in total. The number of β-lactam (4-membered cyclic amide) rings is 1. The highest BCUT2D eigenvalue weighted by atomic mass is 32.2. The highest BCUT2D eigenvalue weighted by Crippen LogP contribution is 2.51. The first-order chi connectivity index (χ1) is 15.6. The molecule has 2 amide bonds. The summed E-state index contributed by atoms with van der Waals surface area (Å²) in [5.74, 6) is -2.36. The van der Waals surface area contributed by atoms with E-state index in [-0.39, 0.29) is 40.8 Å². The minimum absolute atomic E-state index is 0.00229. The molecule has 33 heavy (non-hydrogen) atoms. The molecule has 1 aromatic carbocycles. The summed E-state index contributed by atoms with van der Waals surface area (Å²) in [5, 5.41) is 25.9. The fourth-order valence-corrected chi connectivity index (χ4v) is 6.40. The van der Waals surface area contributed by atoms with Gasteiger partial charge >= 0.3 is 5.97 Å². The molecule has 3 aliphatic heterocycles. The van der Waals surface area contributed by atoms with E-state index in [0.29, 0.717) is 17.9 Å². The Morgan fingerprint density at radius 2 is 1.94 bits per heavy atom. The van der Waals surface area contributed by atoms with Crippen molar-refractivity contribution >= 4 is 40.9 Å². The molecule has 4 rings (SSSR count). The van der Waals surface area contributed by atoms with Crippen LogP contribution in [-0.2, 0) is 14.4 Å². The molecule has 0 aliphatic carbocycles. The number of hydrogen-bond donors (Lipinski definition) is 4. The highest BCUT2D eigenvalue weighted by Gasteiger charge is 2.60. The SMILES string of the molecule is C[C@@H](O)[C@H]1C(=O)N2C(C(=O)O)=C(S[C@@H]3CN[C@H](C(=O)Nc4ccc(N(C)C)cc4)C3)[C@H](C)[C@H]12. The molecule has 4 N–H and O–H groups in total. The van der Waals surface area contributed by atoms with E-state index in [0.717, 1.165) is 11.4 Å². The molecule has 3 aliphatic rings. The summed E-state index contributed by atoms with van der Waals surface area (Å²) in [5.41, 5.74) is 1.78. The fraction of sp³-hybridized carbons (Fsp3) is 0.522. The molecule has 0 unspecified atom stereocenters. The molecule has 6 atom stereocenters. The predicted molar refractivity (Wildman–Crippen MR) is 127 cm³/mol. The van der Waals surface area contributed by atoms with Crippen molar-refractivity contribution in [1.29, 1.82) is 0 Å². The molecule has 1 aromatic rings. The monoisotopic (exact) mass is 474 g/mol. The Hall–Kier alpha value is -2.56. The van der Waals surface area contributed by atoms with Gasteiger partial charge in [-0.15, -0.1) is 11.8 Å². The van der Waals surface area contributed by atoms with Crippen LogP contribution in [-0.4, -0.2) is 77.0 Å². The molecule has 0 spiro atoms. The number of benzene rings is 1. The standard InChI is InChI=1S/C23H30N4O5S/c1-11-18-17(12(2)28)22(30)27(18)19(23(31)32)20(11)33-15-9-16(24-10-15)21(29)25-13-5-7-14(8-6-13)26(3)4/h5-8,11-12,15-18,24,28H,9-10H2,1-4H3,(H,25,29)(H,31,32)/t11-,12-,15+,16+,17-,18-/m1/s1. The molecule has 10 heteroatoms. The van der Waals surface area contributed by atoms with Crippen molar-refractivity contribution in [3.63, 3.8) is 0 Å². The number of carbonyl (C=O) groups excluding carboxylic acids is 2. The van der Waals surface area contributed by atoms with E-state index in [1.54, 1.807) is 6.92 Å². The molecule has 3 heterocycles. The summed E-state index contributed by atoms with van der Waals surface area (Å²) in [6.07, 6.45) is -0.276. The van der Waals surface area contributed by atoms with E-state index in [9.17, 15) is 24.6 Å². The van der Waals surface area contributed by atoms with Crippen LogP contribution >= 0.6 is 11.8 Å². The number of nitrogens with one attached hydrogen (secondary N) is 2. The highest BCUT2D eigenvalue weighted by molar-refractivity contribution is 8.03. The van der Waals surface area contributed by atoms with Gasteiger partial charge in [-0.25, -0.2) is 4.79 Å². The van der Waals surface area contributed by atoms with Crippen molar-refractivity contribution in [3.8, 4) is 0 Å². The summed E-state index contributed by atoms with van der Waals surface area (Å²) in [6, 6.07) is 6.87. The van der Waals surface area contributed by atoms with Crippen LogP contribution in [0.25, 0.3) is 0 Å². The van der Waals surface area contributed by atoms with Gasteiger partial charge in [-0.05, 0) is 37.6 Å². The first kappa shape index (κ1) is 23.6. The van der Waals surface area contributed by atoms with Crippen LogP contribution < -0.4 is 15.5 Å². The number of fused-ring (bicyclic) bond motifs is 1. The van der Waals surface area contributed by atoms with Crippen LogP contribution in [0.1, 0.15) is 20.3 Å². The lowest BCUT2D eigenvalue weighted by molar-refractivity contribution is -0.163. The summed E-state index contributed by atoms with van der Waals surface area (Å²) < 4.78 is 0. The van der Waals surface area contributed by atoms with Crippen LogP contribution in [0.3, 0.4) is 0 Å². The second-order valence-electron chi connectivity index (χ2n) is 9.14. The van der Waals surface area contributed by atoms with E-state index < -0.39 is 18.0 Å². The van der Waals surface area contributed by atoms with E-state index >= 15 is 0 Å². The Bertz CT molecular complexity index is 993. The van der Waals surface area contributed by atoms with Gasteiger partial charge in [0.15, 0.2) is 0 Å². The number of carbonyl (C=O) groups is 3. The van der Waals surface area contributed by atoms with Crippen molar-refractivity contribution < 1.29 is 24.6 Å². The molecule has 0 radical (unpaired) electrons. The number of rotatable bonds is 7. The summed E-state index contributed by atoms with van der Waals surface area (Å²) in [4.78, 5) is 41.2. The number of aliphatic carboxylic acids is 1. The number of nitrogens with zero attached hydrogens (tertiary/aromatic N) is 2. The van der Waals surface area contributed by atoms with Crippen LogP contribution in [0.15, 0.2) is 34.9 Å². The van der Waals surface area contributed by atoms with E-state index in [4.69, 9.17) is 0 Å². The number of carboxylic acid groups (broad SMARTS) is 1. The van der Waals surface area contributed by atoms with Gasteiger partial charge in [0.05, 0.1) is 24.1 Å². The minimum atomic E-state index is -1.13. The van der Waals surface area contributed by atoms with Gasteiger partial charge in [-0.1, -0.05) is 6.92 Å². The average Bonchev–Trinajstić information content (AvgIpc) is 3.30. The van der Waals surface area contributed by atoms with Gasteiger partial charge < -0.3 is 30.6 Å². The third-order valence-electron chi connectivity index (χ3n) is 6.66. The molecule has 178 valence electrons. The Morgan fingerprint density at radius 3 is 2.52 bits per heavy atom. The van der Waals surface area contributed by atoms with Crippen molar-refractivity contribution in [1.82, 2.24) is 10.2 Å². The maximum Gasteiger partial charge on any atom is 0.353 e. The Balaban J connectivity index is 1.41. The Morgan fingerprint density at radius 1 is 1.27 bits per heavy atom. The normalized spacial score (nSPS) is 29.5. The molecule has 2 saturated heterocycles. The van der Waals surface area contributed by atoms with Crippen LogP contribution in [0.5, 0.6) is 0 Å². The minimum Gasteiger partial charge on any atom is -0.477 e. The molecule has 0 bridgehead atoms. The van der Waals surface area contributed by atoms with Crippen LogP contribution in [0.4, 0.5) is 11.4 Å². The zero-order valence-electron chi connectivity index (χ0n) is 19.1. The zero-order valence-corrected chi connectivity index (χ0v) is 19.9. The maximum atomic E-state index is 12.7. The van der Waals surface area contributed by atoms with Crippen molar-refractivity contribution in [2.75, 3.05) is 30.9 Å². The third kappa shape index (κ3) is 4.22. The molecule has 0 saturated carbocycles. The first-order valence-corrected chi connectivity index (χ1v) is 11.9. The maximum absolute atomic E-state index is 12.7.